The van der Waals surface area contributed by atoms with Gasteiger partial charge in [-0.25, -0.2) is 4.98 Å². The largest absolute Gasteiger partial charge is 0.475 e. The van der Waals surface area contributed by atoms with E-state index >= 15 is 0 Å². The van der Waals surface area contributed by atoms with Crippen LogP contribution in [0, 0.1) is 13.8 Å². The Morgan fingerprint density at radius 1 is 1.40 bits per heavy atom. The van der Waals surface area contributed by atoms with E-state index in [2.05, 4.69) is 9.97 Å². The second kappa shape index (κ2) is 4.57. The summed E-state index contributed by atoms with van der Waals surface area (Å²) in [6.45, 7) is 8.29. The van der Waals surface area contributed by atoms with Crippen molar-refractivity contribution in [3.8, 4) is 5.88 Å². The molecule has 1 aromatic rings. The van der Waals surface area contributed by atoms with Gasteiger partial charge >= 0.3 is 0 Å². The Labute approximate surface area is 90.9 Å². The molecule has 0 amide bonds. The lowest BCUT2D eigenvalue weighted by atomic mass is 10.0. The zero-order valence-corrected chi connectivity index (χ0v) is 9.87. The van der Waals surface area contributed by atoms with Gasteiger partial charge in [0.15, 0.2) is 0 Å². The van der Waals surface area contributed by atoms with Crippen molar-refractivity contribution in [2.75, 3.05) is 6.61 Å². The van der Waals surface area contributed by atoms with Gasteiger partial charge in [0.25, 0.3) is 0 Å². The normalized spacial score (nSPS) is 14.7. The number of nitrogens with two attached hydrogens (primary N) is 1. The Morgan fingerprint density at radius 3 is 2.60 bits per heavy atom. The maximum Gasteiger partial charge on any atom is 0.232 e. The van der Waals surface area contributed by atoms with Crippen LogP contribution in [0.15, 0.2) is 6.20 Å². The molecule has 0 aromatic carbocycles. The van der Waals surface area contributed by atoms with E-state index in [9.17, 15) is 0 Å². The van der Waals surface area contributed by atoms with E-state index in [1.165, 1.54) is 0 Å². The quantitative estimate of drug-likeness (QED) is 0.818. The molecule has 0 saturated carbocycles. The predicted octanol–water partition coefficient (Wildman–Crippen LogP) is 1.60. The smallest absolute Gasteiger partial charge is 0.232 e. The lowest BCUT2D eigenvalue weighted by Crippen LogP contribution is -2.41. The minimum Gasteiger partial charge on any atom is -0.475 e. The highest BCUT2D eigenvalue weighted by Gasteiger charge is 2.16. The fourth-order valence-electron chi connectivity index (χ4n) is 0.931. The molecule has 1 heterocycles. The lowest BCUT2D eigenvalue weighted by Gasteiger charge is -2.22. The molecule has 0 fully saturated rings. The summed E-state index contributed by atoms with van der Waals surface area (Å²) < 4.78 is 5.50. The van der Waals surface area contributed by atoms with Crippen LogP contribution in [0.2, 0.25) is 0 Å². The topological polar surface area (TPSA) is 61.0 Å². The van der Waals surface area contributed by atoms with Gasteiger partial charge in [0, 0.05) is 5.54 Å². The van der Waals surface area contributed by atoms with Gasteiger partial charge in [0.1, 0.15) is 6.61 Å². The third-order valence-electron chi connectivity index (χ3n) is 2.53. The van der Waals surface area contributed by atoms with Gasteiger partial charge in [0.05, 0.1) is 17.6 Å². The molecular formula is C11H19N3O. The number of aryl methyl sites for hydroxylation is 2. The van der Waals surface area contributed by atoms with Crippen LogP contribution < -0.4 is 10.5 Å². The Balaban J connectivity index is 2.62. The summed E-state index contributed by atoms with van der Waals surface area (Å²) in [7, 11) is 0. The first-order valence-electron chi connectivity index (χ1n) is 5.16. The third kappa shape index (κ3) is 3.47. The monoisotopic (exact) mass is 209 g/mol. The molecule has 0 aliphatic heterocycles. The van der Waals surface area contributed by atoms with Crippen LogP contribution in [0.3, 0.4) is 0 Å². The molecule has 84 valence electrons. The van der Waals surface area contributed by atoms with Gasteiger partial charge < -0.3 is 10.5 Å². The summed E-state index contributed by atoms with van der Waals surface area (Å²) >= 11 is 0. The number of hydrogen-bond donors (Lipinski definition) is 1. The number of hydrogen-bond acceptors (Lipinski definition) is 4. The van der Waals surface area contributed by atoms with E-state index in [-0.39, 0.29) is 5.54 Å². The first-order chi connectivity index (χ1) is 6.94. The second-order valence-corrected chi connectivity index (χ2v) is 4.18. The fraction of sp³-hybridized carbons (Fsp3) is 0.636. The summed E-state index contributed by atoms with van der Waals surface area (Å²) in [6, 6.07) is 0. The summed E-state index contributed by atoms with van der Waals surface area (Å²) in [5, 5.41) is 0. The van der Waals surface area contributed by atoms with Gasteiger partial charge in [0.2, 0.25) is 5.88 Å². The minimum atomic E-state index is -0.305. The first-order valence-corrected chi connectivity index (χ1v) is 5.16. The van der Waals surface area contributed by atoms with Gasteiger partial charge in [-0.05, 0) is 27.2 Å². The predicted molar refractivity (Wildman–Crippen MR) is 59.9 cm³/mol. The molecule has 0 bridgehead atoms. The molecule has 15 heavy (non-hydrogen) atoms. The van der Waals surface area contributed by atoms with E-state index in [4.69, 9.17) is 10.5 Å². The van der Waals surface area contributed by atoms with Crippen LogP contribution >= 0.6 is 0 Å². The average molecular weight is 209 g/mol. The molecule has 1 unspecified atom stereocenters. The van der Waals surface area contributed by atoms with E-state index in [1.807, 2.05) is 27.7 Å². The van der Waals surface area contributed by atoms with Crippen molar-refractivity contribution < 1.29 is 4.74 Å². The van der Waals surface area contributed by atoms with E-state index < -0.39 is 0 Å². The summed E-state index contributed by atoms with van der Waals surface area (Å²) in [5.74, 6) is 0.545. The van der Waals surface area contributed by atoms with Crippen LogP contribution in [-0.2, 0) is 0 Å². The number of aromatic nitrogens is 2. The van der Waals surface area contributed by atoms with Gasteiger partial charge in [-0.3, -0.25) is 4.98 Å². The van der Waals surface area contributed by atoms with Crippen molar-refractivity contribution in [3.05, 3.63) is 17.6 Å². The van der Waals surface area contributed by atoms with E-state index in [0.717, 1.165) is 17.8 Å². The Morgan fingerprint density at radius 2 is 2.07 bits per heavy atom. The molecule has 1 atom stereocenters. The van der Waals surface area contributed by atoms with Gasteiger partial charge in [-0.1, -0.05) is 6.92 Å². The van der Waals surface area contributed by atoms with Crippen molar-refractivity contribution in [3.63, 3.8) is 0 Å². The molecule has 4 heteroatoms. The third-order valence-corrected chi connectivity index (χ3v) is 2.53. The molecule has 0 spiro atoms. The van der Waals surface area contributed by atoms with Crippen LogP contribution in [0.1, 0.15) is 31.7 Å². The molecule has 0 radical (unpaired) electrons. The lowest BCUT2D eigenvalue weighted by molar-refractivity contribution is 0.217. The number of ether oxygens (including phenoxy) is 1. The van der Waals surface area contributed by atoms with E-state index in [1.54, 1.807) is 6.20 Å². The molecule has 1 aromatic heterocycles. The van der Waals surface area contributed by atoms with Gasteiger partial charge in [-0.2, -0.15) is 0 Å². The Bertz CT molecular complexity index is 337. The first kappa shape index (κ1) is 11.9. The summed E-state index contributed by atoms with van der Waals surface area (Å²) in [4.78, 5) is 8.45. The molecule has 1 rings (SSSR count). The molecule has 0 aliphatic rings. The summed E-state index contributed by atoms with van der Waals surface area (Å²) in [6.07, 6.45) is 2.50. The van der Waals surface area contributed by atoms with Crippen LogP contribution in [-0.4, -0.2) is 22.1 Å². The standard InChI is InChI=1S/C11H19N3O/c1-5-11(4,12)7-15-10-6-13-8(2)9(3)14-10/h6H,5,7,12H2,1-4H3. The average Bonchev–Trinajstić information content (AvgIpc) is 2.20. The van der Waals surface area contributed by atoms with Crippen molar-refractivity contribution in [2.24, 2.45) is 5.73 Å². The minimum absolute atomic E-state index is 0.305. The van der Waals surface area contributed by atoms with Crippen molar-refractivity contribution in [2.45, 2.75) is 39.7 Å². The van der Waals surface area contributed by atoms with Crippen LogP contribution in [0.5, 0.6) is 5.88 Å². The molecule has 2 N–H and O–H groups in total. The summed E-state index contributed by atoms with van der Waals surface area (Å²) in [5.41, 5.74) is 7.47. The molecule has 0 aliphatic carbocycles. The molecular weight excluding hydrogens is 190 g/mol. The Hall–Kier alpha value is -1.16. The Kier molecular flexibility index (Phi) is 3.63. The fourth-order valence-corrected chi connectivity index (χ4v) is 0.931. The van der Waals surface area contributed by atoms with E-state index in [0.29, 0.717) is 12.5 Å². The number of nitrogens with zero attached hydrogens (tertiary/aromatic N) is 2. The van der Waals surface area contributed by atoms with Crippen LogP contribution in [0.4, 0.5) is 0 Å². The van der Waals surface area contributed by atoms with Gasteiger partial charge in [-0.15, -0.1) is 0 Å². The van der Waals surface area contributed by atoms with Crippen molar-refractivity contribution in [1.29, 1.82) is 0 Å². The van der Waals surface area contributed by atoms with Crippen molar-refractivity contribution in [1.82, 2.24) is 9.97 Å². The zero-order chi connectivity index (χ0) is 11.5. The van der Waals surface area contributed by atoms with Crippen LogP contribution in [0.25, 0.3) is 0 Å². The molecule has 4 nitrogen and oxygen atoms in total. The highest BCUT2D eigenvalue weighted by Crippen LogP contribution is 2.11. The van der Waals surface area contributed by atoms with Crippen molar-refractivity contribution >= 4 is 0 Å². The maximum absolute atomic E-state index is 5.96. The maximum atomic E-state index is 5.96. The molecule has 0 saturated heterocycles. The second-order valence-electron chi connectivity index (χ2n) is 4.18. The highest BCUT2D eigenvalue weighted by molar-refractivity contribution is 5.14. The zero-order valence-electron chi connectivity index (χ0n) is 9.87. The highest BCUT2D eigenvalue weighted by atomic mass is 16.5. The SMILES string of the molecule is CCC(C)(N)COc1cnc(C)c(C)n1. The number of rotatable bonds is 4.